The highest BCUT2D eigenvalue weighted by molar-refractivity contribution is 8.78. The SMILES string of the molecule is O=C1C=CC(=O)C1=C1SSN=C1Cl. The number of hydrogen-bond acceptors (Lipinski definition) is 5. The summed E-state index contributed by atoms with van der Waals surface area (Å²) in [5.41, 5.74) is 0.142. The normalized spacial score (nSPS) is 21.8. The number of hydrogen-bond donors (Lipinski definition) is 0. The molecule has 2 rings (SSSR count). The molecule has 0 aromatic rings. The van der Waals surface area contributed by atoms with Gasteiger partial charge in [-0.15, -0.1) is 0 Å². The van der Waals surface area contributed by atoms with Gasteiger partial charge in [-0.2, -0.15) is 4.40 Å². The smallest absolute Gasteiger partial charge is 0.191 e. The zero-order chi connectivity index (χ0) is 9.42. The fourth-order valence-electron chi connectivity index (χ4n) is 0.973. The maximum Gasteiger partial charge on any atom is 0.191 e. The Morgan fingerprint density at radius 3 is 2.31 bits per heavy atom. The van der Waals surface area contributed by atoms with E-state index in [9.17, 15) is 9.59 Å². The molecule has 0 fully saturated rings. The second kappa shape index (κ2) is 3.32. The standard InChI is InChI=1S/C7H2ClNO2S2/c8-7-6(12-13-9-7)5-3(10)1-2-4(5)11/h1-2H. The summed E-state index contributed by atoms with van der Waals surface area (Å²) in [6.45, 7) is 0. The van der Waals surface area contributed by atoms with Gasteiger partial charge in [0.25, 0.3) is 0 Å². The Kier molecular flexibility index (Phi) is 2.31. The molecule has 2 aliphatic rings. The van der Waals surface area contributed by atoms with Gasteiger partial charge in [-0.1, -0.05) is 11.6 Å². The second-order valence-corrected chi connectivity index (χ2v) is 4.52. The molecule has 1 aliphatic carbocycles. The summed E-state index contributed by atoms with van der Waals surface area (Å²) in [4.78, 5) is 22.9. The van der Waals surface area contributed by atoms with Crippen LogP contribution in [0.1, 0.15) is 0 Å². The maximum atomic E-state index is 11.2. The van der Waals surface area contributed by atoms with Crippen molar-refractivity contribution in [3.8, 4) is 0 Å². The molecule has 0 saturated heterocycles. The lowest BCUT2D eigenvalue weighted by molar-refractivity contribution is -0.115. The van der Waals surface area contributed by atoms with Crippen LogP contribution < -0.4 is 0 Å². The summed E-state index contributed by atoms with van der Waals surface area (Å²) in [5.74, 6) is -0.577. The number of ketones is 2. The van der Waals surface area contributed by atoms with Crippen molar-refractivity contribution in [2.75, 3.05) is 0 Å². The first-order valence-corrected chi connectivity index (χ1v) is 5.77. The largest absolute Gasteiger partial charge is 0.289 e. The van der Waals surface area contributed by atoms with Gasteiger partial charge < -0.3 is 0 Å². The highest BCUT2D eigenvalue weighted by Gasteiger charge is 2.29. The summed E-state index contributed by atoms with van der Waals surface area (Å²) >= 11 is 5.71. The zero-order valence-electron chi connectivity index (χ0n) is 6.11. The lowest BCUT2D eigenvalue weighted by Crippen LogP contribution is -2.05. The van der Waals surface area contributed by atoms with Crippen LogP contribution in [0.5, 0.6) is 0 Å². The lowest BCUT2D eigenvalue weighted by Gasteiger charge is -1.97. The first-order valence-electron chi connectivity index (χ1n) is 3.28. The minimum atomic E-state index is -0.289. The molecular weight excluding hydrogens is 230 g/mol. The average molecular weight is 232 g/mol. The van der Waals surface area contributed by atoms with E-state index in [1.54, 1.807) is 0 Å². The van der Waals surface area contributed by atoms with E-state index in [2.05, 4.69) is 4.40 Å². The quantitative estimate of drug-likeness (QED) is 0.277. The third kappa shape index (κ3) is 1.47. The van der Waals surface area contributed by atoms with Gasteiger partial charge in [0.05, 0.1) is 21.5 Å². The molecule has 0 aromatic heterocycles. The van der Waals surface area contributed by atoms with Gasteiger partial charge in [0.15, 0.2) is 16.7 Å². The van der Waals surface area contributed by atoms with Gasteiger partial charge in [0.1, 0.15) is 0 Å². The van der Waals surface area contributed by atoms with E-state index in [0.717, 1.165) is 11.0 Å². The molecule has 66 valence electrons. The Morgan fingerprint density at radius 1 is 1.23 bits per heavy atom. The molecule has 0 aromatic carbocycles. The van der Waals surface area contributed by atoms with E-state index >= 15 is 0 Å². The minimum Gasteiger partial charge on any atom is -0.289 e. The van der Waals surface area contributed by atoms with E-state index in [-0.39, 0.29) is 22.3 Å². The fourth-order valence-corrected chi connectivity index (χ4v) is 3.32. The molecule has 0 N–H and O–H groups in total. The summed E-state index contributed by atoms with van der Waals surface area (Å²) in [7, 11) is 2.40. The number of carbonyl (C=O) groups excluding carboxylic acids is 2. The van der Waals surface area contributed by atoms with Crippen molar-refractivity contribution >= 4 is 50.1 Å². The summed E-state index contributed by atoms with van der Waals surface area (Å²) in [5, 5.41) is 0.232. The monoisotopic (exact) mass is 231 g/mol. The Balaban J connectivity index is 2.50. The Labute approximate surface area is 86.8 Å². The fraction of sp³-hybridized carbons (Fsp3) is 0. The number of halogens is 1. The molecule has 0 atom stereocenters. The van der Waals surface area contributed by atoms with Crippen LogP contribution in [0.4, 0.5) is 0 Å². The number of allylic oxidation sites excluding steroid dienone is 4. The molecule has 0 spiro atoms. The van der Waals surface area contributed by atoms with Crippen LogP contribution in [0.25, 0.3) is 0 Å². The molecule has 1 aliphatic heterocycles. The second-order valence-electron chi connectivity index (χ2n) is 2.31. The van der Waals surface area contributed by atoms with E-state index < -0.39 is 0 Å². The Hall–Kier alpha value is -0.520. The van der Waals surface area contributed by atoms with Gasteiger partial charge >= 0.3 is 0 Å². The van der Waals surface area contributed by atoms with E-state index in [1.165, 1.54) is 22.9 Å². The summed E-state index contributed by atoms with van der Waals surface area (Å²) < 4.78 is 3.80. The highest BCUT2D eigenvalue weighted by atomic mass is 35.5. The lowest BCUT2D eigenvalue weighted by atomic mass is 10.2. The maximum absolute atomic E-state index is 11.2. The van der Waals surface area contributed by atoms with E-state index in [1.807, 2.05) is 0 Å². The predicted octanol–water partition coefficient (Wildman–Crippen LogP) is 1.90. The molecule has 0 saturated carbocycles. The van der Waals surface area contributed by atoms with Crippen molar-refractivity contribution in [2.45, 2.75) is 0 Å². The molecule has 0 unspecified atom stereocenters. The summed E-state index contributed by atoms with van der Waals surface area (Å²) in [6.07, 6.45) is 2.50. The third-order valence-electron chi connectivity index (χ3n) is 1.53. The Morgan fingerprint density at radius 2 is 1.85 bits per heavy atom. The molecule has 3 nitrogen and oxygen atoms in total. The van der Waals surface area contributed by atoms with Gasteiger partial charge in [-0.05, 0) is 22.9 Å². The number of nitrogens with zero attached hydrogens (tertiary/aromatic N) is 1. The van der Waals surface area contributed by atoms with Crippen LogP contribution in [0.3, 0.4) is 0 Å². The van der Waals surface area contributed by atoms with Crippen LogP contribution in [0.15, 0.2) is 27.0 Å². The molecule has 6 heteroatoms. The van der Waals surface area contributed by atoms with Crippen LogP contribution >= 0.6 is 33.4 Å². The first kappa shape index (κ1) is 9.05. The number of rotatable bonds is 0. The van der Waals surface area contributed by atoms with Crippen LogP contribution in [0.2, 0.25) is 0 Å². The van der Waals surface area contributed by atoms with Crippen molar-refractivity contribution in [1.29, 1.82) is 0 Å². The molecular formula is C7H2ClNO2S2. The summed E-state index contributed by atoms with van der Waals surface area (Å²) in [6, 6.07) is 0. The third-order valence-corrected chi connectivity index (χ3v) is 3.86. The van der Waals surface area contributed by atoms with Gasteiger partial charge in [0, 0.05) is 0 Å². The van der Waals surface area contributed by atoms with Crippen molar-refractivity contribution in [3.05, 3.63) is 22.6 Å². The predicted molar refractivity (Wildman–Crippen MR) is 54.6 cm³/mol. The van der Waals surface area contributed by atoms with Crippen molar-refractivity contribution < 1.29 is 9.59 Å². The topological polar surface area (TPSA) is 46.5 Å². The molecule has 0 bridgehead atoms. The van der Waals surface area contributed by atoms with Crippen LogP contribution in [-0.2, 0) is 9.59 Å². The van der Waals surface area contributed by atoms with E-state index in [0.29, 0.717) is 4.91 Å². The molecule has 0 radical (unpaired) electrons. The van der Waals surface area contributed by atoms with E-state index in [4.69, 9.17) is 11.6 Å². The first-order chi connectivity index (χ1) is 6.20. The van der Waals surface area contributed by atoms with Gasteiger partial charge in [-0.3, -0.25) is 9.59 Å². The molecule has 0 amide bonds. The van der Waals surface area contributed by atoms with Crippen molar-refractivity contribution in [1.82, 2.24) is 0 Å². The zero-order valence-corrected chi connectivity index (χ0v) is 8.50. The van der Waals surface area contributed by atoms with Crippen molar-refractivity contribution in [2.24, 2.45) is 4.40 Å². The van der Waals surface area contributed by atoms with Crippen molar-refractivity contribution in [3.63, 3.8) is 0 Å². The average Bonchev–Trinajstić information content (AvgIpc) is 2.60. The van der Waals surface area contributed by atoms with Gasteiger partial charge in [-0.25, -0.2) is 0 Å². The Bertz CT molecular complexity index is 377. The van der Waals surface area contributed by atoms with Crippen LogP contribution in [-0.4, -0.2) is 16.7 Å². The van der Waals surface area contributed by atoms with Gasteiger partial charge in [0.2, 0.25) is 0 Å². The molecule has 1 heterocycles. The minimum absolute atomic E-state index is 0.142. The molecule has 13 heavy (non-hydrogen) atoms. The highest BCUT2D eigenvalue weighted by Crippen LogP contribution is 2.43. The van der Waals surface area contributed by atoms with Crippen LogP contribution in [0, 0.1) is 0 Å². The number of carbonyl (C=O) groups is 2.